The standard InChI is InChI=1S/C12H26O2S2/c1-11(2,13)5-7-15-9-10-16-8-6-12(3,4)14/h13-14H,5-10H2,1-4H3. The van der Waals surface area contributed by atoms with E-state index in [9.17, 15) is 10.2 Å². The molecule has 2 N–H and O–H groups in total. The molecule has 0 saturated carbocycles. The van der Waals surface area contributed by atoms with E-state index in [-0.39, 0.29) is 0 Å². The van der Waals surface area contributed by atoms with E-state index in [1.165, 1.54) is 0 Å². The normalized spacial score (nSPS) is 13.1. The molecule has 0 bridgehead atoms. The monoisotopic (exact) mass is 266 g/mol. The van der Waals surface area contributed by atoms with Gasteiger partial charge in [-0.2, -0.15) is 23.5 Å². The van der Waals surface area contributed by atoms with Gasteiger partial charge in [-0.1, -0.05) is 0 Å². The van der Waals surface area contributed by atoms with Gasteiger partial charge in [-0.25, -0.2) is 0 Å². The van der Waals surface area contributed by atoms with Crippen LogP contribution in [0.3, 0.4) is 0 Å². The maximum atomic E-state index is 9.50. The van der Waals surface area contributed by atoms with E-state index in [0.29, 0.717) is 0 Å². The van der Waals surface area contributed by atoms with E-state index < -0.39 is 11.2 Å². The molecule has 0 atom stereocenters. The van der Waals surface area contributed by atoms with Gasteiger partial charge < -0.3 is 10.2 Å². The average molecular weight is 266 g/mol. The molecule has 0 aromatic carbocycles. The van der Waals surface area contributed by atoms with Crippen LogP contribution in [0.5, 0.6) is 0 Å². The molecule has 0 heterocycles. The van der Waals surface area contributed by atoms with Gasteiger partial charge in [0.1, 0.15) is 0 Å². The third-order valence-corrected chi connectivity index (χ3v) is 4.32. The Kier molecular flexibility index (Phi) is 8.16. The molecule has 0 radical (unpaired) electrons. The number of thioether (sulfide) groups is 2. The van der Waals surface area contributed by atoms with Gasteiger partial charge >= 0.3 is 0 Å². The van der Waals surface area contributed by atoms with E-state index >= 15 is 0 Å². The molecule has 0 saturated heterocycles. The largest absolute Gasteiger partial charge is 0.390 e. The first-order chi connectivity index (χ1) is 7.21. The lowest BCUT2D eigenvalue weighted by Crippen LogP contribution is -2.19. The van der Waals surface area contributed by atoms with Gasteiger partial charge in [0.2, 0.25) is 0 Å². The van der Waals surface area contributed by atoms with Gasteiger partial charge in [0, 0.05) is 11.5 Å². The van der Waals surface area contributed by atoms with Gasteiger partial charge in [-0.15, -0.1) is 0 Å². The molecule has 0 aliphatic rings. The maximum absolute atomic E-state index is 9.50. The Bertz CT molecular complexity index is 151. The van der Waals surface area contributed by atoms with Crippen molar-refractivity contribution in [1.29, 1.82) is 0 Å². The zero-order chi connectivity index (χ0) is 12.7. The van der Waals surface area contributed by atoms with Crippen LogP contribution >= 0.6 is 23.5 Å². The SMILES string of the molecule is CC(C)(O)CCSCCSCCC(C)(C)O. The second kappa shape index (κ2) is 7.85. The molecule has 0 rings (SSSR count). The van der Waals surface area contributed by atoms with Crippen LogP contribution in [0.25, 0.3) is 0 Å². The quantitative estimate of drug-likeness (QED) is 0.630. The Morgan fingerprint density at radius 2 is 1.00 bits per heavy atom. The molecular formula is C12H26O2S2. The summed E-state index contributed by atoms with van der Waals surface area (Å²) in [6.07, 6.45) is 1.71. The van der Waals surface area contributed by atoms with Crippen LogP contribution in [0.4, 0.5) is 0 Å². The number of aliphatic hydroxyl groups is 2. The first kappa shape index (κ1) is 16.6. The summed E-state index contributed by atoms with van der Waals surface area (Å²) in [4.78, 5) is 0. The number of hydrogen-bond acceptors (Lipinski definition) is 4. The minimum Gasteiger partial charge on any atom is -0.390 e. The minimum atomic E-state index is -0.527. The molecule has 0 amide bonds. The molecule has 0 fully saturated rings. The van der Waals surface area contributed by atoms with E-state index in [4.69, 9.17) is 0 Å². The predicted octanol–water partition coefficient (Wildman–Crippen LogP) is 2.77. The highest BCUT2D eigenvalue weighted by Crippen LogP contribution is 2.16. The van der Waals surface area contributed by atoms with Crippen LogP contribution in [-0.4, -0.2) is 44.4 Å². The molecule has 0 aromatic rings. The van der Waals surface area contributed by atoms with E-state index in [2.05, 4.69) is 0 Å². The Morgan fingerprint density at radius 1 is 0.688 bits per heavy atom. The Morgan fingerprint density at radius 3 is 1.25 bits per heavy atom. The van der Waals surface area contributed by atoms with Crippen LogP contribution in [0.1, 0.15) is 40.5 Å². The van der Waals surface area contributed by atoms with Crippen molar-refractivity contribution >= 4 is 23.5 Å². The van der Waals surface area contributed by atoms with Crippen LogP contribution < -0.4 is 0 Å². The van der Waals surface area contributed by atoms with Crippen LogP contribution in [-0.2, 0) is 0 Å². The molecule has 0 spiro atoms. The molecule has 0 aliphatic carbocycles. The molecule has 2 nitrogen and oxygen atoms in total. The van der Waals surface area contributed by atoms with Crippen LogP contribution in [0, 0.1) is 0 Å². The van der Waals surface area contributed by atoms with E-state index in [1.54, 1.807) is 0 Å². The third kappa shape index (κ3) is 14.6. The average Bonchev–Trinajstić information content (AvgIpc) is 2.06. The van der Waals surface area contributed by atoms with E-state index in [1.807, 2.05) is 51.2 Å². The highest BCUT2D eigenvalue weighted by Gasteiger charge is 2.12. The Balaban J connectivity index is 3.17. The lowest BCUT2D eigenvalue weighted by atomic mass is 10.1. The summed E-state index contributed by atoms with van der Waals surface area (Å²) < 4.78 is 0. The summed E-state index contributed by atoms with van der Waals surface area (Å²) in [6.45, 7) is 7.41. The van der Waals surface area contributed by atoms with Gasteiger partial charge in [0.25, 0.3) is 0 Å². The highest BCUT2D eigenvalue weighted by atomic mass is 32.2. The second-order valence-electron chi connectivity index (χ2n) is 5.35. The molecule has 0 unspecified atom stereocenters. The molecule has 4 heteroatoms. The predicted molar refractivity (Wildman–Crippen MR) is 76.5 cm³/mol. The van der Waals surface area contributed by atoms with Crippen molar-refractivity contribution in [3.63, 3.8) is 0 Å². The zero-order valence-corrected chi connectivity index (χ0v) is 12.6. The van der Waals surface area contributed by atoms with Crippen molar-refractivity contribution in [2.45, 2.75) is 51.7 Å². The third-order valence-electron chi connectivity index (χ3n) is 2.09. The van der Waals surface area contributed by atoms with Gasteiger partial charge in [0.15, 0.2) is 0 Å². The minimum absolute atomic E-state index is 0.527. The van der Waals surface area contributed by atoms with Crippen molar-refractivity contribution in [2.24, 2.45) is 0 Å². The summed E-state index contributed by atoms with van der Waals surface area (Å²) in [6, 6.07) is 0. The van der Waals surface area contributed by atoms with Crippen LogP contribution in [0.2, 0.25) is 0 Å². The fourth-order valence-corrected chi connectivity index (χ4v) is 3.60. The molecule has 0 aromatic heterocycles. The molecular weight excluding hydrogens is 240 g/mol. The van der Waals surface area contributed by atoms with Gasteiger partial charge in [-0.3, -0.25) is 0 Å². The summed E-state index contributed by atoms with van der Waals surface area (Å²) in [5.74, 6) is 4.31. The van der Waals surface area contributed by atoms with Crippen LogP contribution in [0.15, 0.2) is 0 Å². The summed E-state index contributed by atoms with van der Waals surface area (Å²) >= 11 is 3.79. The molecule has 98 valence electrons. The maximum Gasteiger partial charge on any atom is 0.0599 e. The van der Waals surface area contributed by atoms with Crippen molar-refractivity contribution in [3.05, 3.63) is 0 Å². The van der Waals surface area contributed by atoms with Crippen molar-refractivity contribution in [1.82, 2.24) is 0 Å². The van der Waals surface area contributed by atoms with Crippen molar-refractivity contribution < 1.29 is 10.2 Å². The first-order valence-corrected chi connectivity index (χ1v) is 8.12. The van der Waals surface area contributed by atoms with Gasteiger partial charge in [0.05, 0.1) is 11.2 Å². The van der Waals surface area contributed by atoms with Crippen molar-refractivity contribution in [3.8, 4) is 0 Å². The fourth-order valence-electron chi connectivity index (χ4n) is 0.966. The highest BCUT2D eigenvalue weighted by molar-refractivity contribution is 8.02. The van der Waals surface area contributed by atoms with Gasteiger partial charge in [-0.05, 0) is 52.0 Å². The fraction of sp³-hybridized carbons (Fsp3) is 1.00. The Labute approximate surface area is 109 Å². The lowest BCUT2D eigenvalue weighted by Gasteiger charge is -2.17. The van der Waals surface area contributed by atoms with E-state index in [0.717, 1.165) is 35.9 Å². The topological polar surface area (TPSA) is 40.5 Å². The summed E-state index contributed by atoms with van der Waals surface area (Å²) in [7, 11) is 0. The summed E-state index contributed by atoms with van der Waals surface area (Å²) in [5, 5.41) is 19.0. The molecule has 16 heavy (non-hydrogen) atoms. The number of rotatable bonds is 9. The van der Waals surface area contributed by atoms with Crippen molar-refractivity contribution in [2.75, 3.05) is 23.0 Å². The second-order valence-corrected chi connectivity index (χ2v) is 7.80. The zero-order valence-electron chi connectivity index (χ0n) is 11.0. The Hall–Kier alpha value is 0.620. The molecule has 0 aliphatic heterocycles. The lowest BCUT2D eigenvalue weighted by molar-refractivity contribution is 0.0771. The first-order valence-electron chi connectivity index (χ1n) is 5.81. The summed E-state index contributed by atoms with van der Waals surface area (Å²) in [5.41, 5.74) is -1.05. The smallest absolute Gasteiger partial charge is 0.0599 e. The number of hydrogen-bond donors (Lipinski definition) is 2.